The number of rotatable bonds is 2. The predicted molar refractivity (Wildman–Crippen MR) is 72.1 cm³/mol. The maximum absolute atomic E-state index is 11.5. The number of H-pyrrole nitrogens is 1. The summed E-state index contributed by atoms with van der Waals surface area (Å²) in [7, 11) is -2.88. The van der Waals surface area contributed by atoms with E-state index >= 15 is 0 Å². The molecule has 1 aromatic rings. The van der Waals surface area contributed by atoms with Crippen LogP contribution >= 0.6 is 0 Å². The Morgan fingerprint density at radius 1 is 1.42 bits per heavy atom. The zero-order valence-corrected chi connectivity index (χ0v) is 11.8. The predicted octanol–water partition coefficient (Wildman–Crippen LogP) is -0.495. The quantitative estimate of drug-likeness (QED) is 0.761. The number of nitrogens with one attached hydrogen (secondary N) is 2. The SMILES string of the molecule is C[C@@H]1CN(c2n[nH]c(C3CCS(=O)(=O)C3)n2)CCN1. The molecule has 1 unspecified atom stereocenters. The minimum absolute atomic E-state index is 0.0217. The maximum Gasteiger partial charge on any atom is 0.244 e. The molecule has 7 nitrogen and oxygen atoms in total. The third-order valence-electron chi connectivity index (χ3n) is 3.76. The van der Waals surface area contributed by atoms with Gasteiger partial charge in [0.1, 0.15) is 5.82 Å². The van der Waals surface area contributed by atoms with Crippen molar-refractivity contribution in [2.24, 2.45) is 0 Å². The highest BCUT2D eigenvalue weighted by atomic mass is 32.2. The number of hydrogen-bond acceptors (Lipinski definition) is 6. The van der Waals surface area contributed by atoms with Gasteiger partial charge in [0.2, 0.25) is 5.95 Å². The van der Waals surface area contributed by atoms with E-state index in [-0.39, 0.29) is 17.4 Å². The molecule has 0 radical (unpaired) electrons. The minimum Gasteiger partial charge on any atom is -0.337 e. The Bertz CT molecular complexity index is 555. The first-order chi connectivity index (χ1) is 9.03. The highest BCUT2D eigenvalue weighted by Gasteiger charge is 2.32. The fraction of sp³-hybridized carbons (Fsp3) is 0.818. The molecule has 0 saturated carbocycles. The summed E-state index contributed by atoms with van der Waals surface area (Å²) in [6, 6.07) is 0.419. The van der Waals surface area contributed by atoms with Crippen molar-refractivity contribution in [1.82, 2.24) is 20.5 Å². The summed E-state index contributed by atoms with van der Waals surface area (Å²) in [5.41, 5.74) is 0. The molecule has 0 amide bonds. The summed E-state index contributed by atoms with van der Waals surface area (Å²) in [5.74, 6) is 1.83. The van der Waals surface area contributed by atoms with Crippen molar-refractivity contribution in [3.63, 3.8) is 0 Å². The summed E-state index contributed by atoms with van der Waals surface area (Å²) >= 11 is 0. The van der Waals surface area contributed by atoms with Gasteiger partial charge in [0, 0.05) is 31.6 Å². The van der Waals surface area contributed by atoms with Crippen LogP contribution in [-0.4, -0.2) is 60.8 Å². The molecule has 3 heterocycles. The lowest BCUT2D eigenvalue weighted by atomic mass is 10.1. The fourth-order valence-corrected chi connectivity index (χ4v) is 4.46. The van der Waals surface area contributed by atoms with E-state index in [1.165, 1.54) is 0 Å². The number of hydrogen-bond donors (Lipinski definition) is 2. The number of anilines is 1. The van der Waals surface area contributed by atoms with Gasteiger partial charge >= 0.3 is 0 Å². The van der Waals surface area contributed by atoms with E-state index in [1.807, 2.05) is 0 Å². The van der Waals surface area contributed by atoms with Gasteiger partial charge < -0.3 is 10.2 Å². The lowest BCUT2D eigenvalue weighted by molar-refractivity contribution is 0.479. The molecule has 2 atom stereocenters. The Morgan fingerprint density at radius 2 is 2.26 bits per heavy atom. The number of piperazine rings is 1. The number of sulfone groups is 1. The Labute approximate surface area is 112 Å². The van der Waals surface area contributed by atoms with Gasteiger partial charge in [0.15, 0.2) is 9.84 Å². The summed E-state index contributed by atoms with van der Waals surface area (Å²) in [5, 5.41) is 10.5. The highest BCUT2D eigenvalue weighted by molar-refractivity contribution is 7.91. The first kappa shape index (κ1) is 12.9. The minimum atomic E-state index is -2.88. The van der Waals surface area contributed by atoms with Gasteiger partial charge in [-0.1, -0.05) is 0 Å². The van der Waals surface area contributed by atoms with E-state index in [2.05, 4.69) is 32.3 Å². The highest BCUT2D eigenvalue weighted by Crippen LogP contribution is 2.27. The molecule has 2 saturated heterocycles. The standard InChI is InChI=1S/C11H19N5O2S/c1-8-6-16(4-3-12-8)11-13-10(14-15-11)9-2-5-19(17,18)7-9/h8-9,12H,2-7H2,1H3,(H,13,14,15)/t8-,9?/m1/s1. The van der Waals surface area contributed by atoms with Crippen LogP contribution in [0.1, 0.15) is 25.1 Å². The van der Waals surface area contributed by atoms with E-state index in [0.717, 1.165) is 19.6 Å². The molecular weight excluding hydrogens is 266 g/mol. The average molecular weight is 285 g/mol. The molecule has 0 spiro atoms. The largest absolute Gasteiger partial charge is 0.337 e. The van der Waals surface area contributed by atoms with Crippen LogP contribution in [0.15, 0.2) is 0 Å². The van der Waals surface area contributed by atoms with Gasteiger partial charge in [-0.25, -0.2) is 8.42 Å². The zero-order valence-electron chi connectivity index (χ0n) is 11.0. The van der Waals surface area contributed by atoms with Crippen LogP contribution < -0.4 is 10.2 Å². The second-order valence-electron chi connectivity index (χ2n) is 5.42. The van der Waals surface area contributed by atoms with Crippen molar-refractivity contribution in [3.05, 3.63) is 5.82 Å². The monoisotopic (exact) mass is 285 g/mol. The molecule has 0 aromatic carbocycles. The molecule has 2 fully saturated rings. The van der Waals surface area contributed by atoms with Crippen molar-refractivity contribution in [2.45, 2.75) is 25.3 Å². The van der Waals surface area contributed by atoms with Crippen LogP contribution in [0, 0.1) is 0 Å². The van der Waals surface area contributed by atoms with E-state index in [0.29, 0.717) is 24.2 Å². The van der Waals surface area contributed by atoms with Crippen LogP contribution in [0.4, 0.5) is 5.95 Å². The first-order valence-electron chi connectivity index (χ1n) is 6.64. The van der Waals surface area contributed by atoms with Gasteiger partial charge in [0.05, 0.1) is 11.5 Å². The van der Waals surface area contributed by atoms with E-state index in [1.54, 1.807) is 0 Å². The van der Waals surface area contributed by atoms with Crippen LogP contribution in [0.25, 0.3) is 0 Å². The zero-order chi connectivity index (χ0) is 13.5. The van der Waals surface area contributed by atoms with E-state index in [4.69, 9.17) is 0 Å². The topological polar surface area (TPSA) is 91.0 Å². The van der Waals surface area contributed by atoms with Gasteiger partial charge in [-0.3, -0.25) is 5.10 Å². The molecule has 2 aliphatic rings. The second-order valence-corrected chi connectivity index (χ2v) is 7.65. The lowest BCUT2D eigenvalue weighted by Gasteiger charge is -2.30. The van der Waals surface area contributed by atoms with Crippen LogP contribution in [-0.2, 0) is 9.84 Å². The molecule has 0 bridgehead atoms. The molecule has 106 valence electrons. The number of aromatic nitrogens is 3. The van der Waals surface area contributed by atoms with E-state index in [9.17, 15) is 8.42 Å². The maximum atomic E-state index is 11.5. The van der Waals surface area contributed by atoms with Gasteiger partial charge in [-0.05, 0) is 13.3 Å². The van der Waals surface area contributed by atoms with Gasteiger partial charge in [-0.15, -0.1) is 5.10 Å². The molecule has 1 aromatic heterocycles. The van der Waals surface area contributed by atoms with Crippen molar-refractivity contribution < 1.29 is 8.42 Å². The molecule has 2 N–H and O–H groups in total. The molecule has 8 heteroatoms. The fourth-order valence-electron chi connectivity index (χ4n) is 2.71. The Kier molecular flexibility index (Phi) is 3.22. The van der Waals surface area contributed by atoms with Crippen LogP contribution in [0.2, 0.25) is 0 Å². The third kappa shape index (κ3) is 2.74. The summed E-state index contributed by atoms with van der Waals surface area (Å²) < 4.78 is 23.0. The Balaban J connectivity index is 1.73. The smallest absolute Gasteiger partial charge is 0.244 e. The summed E-state index contributed by atoms with van der Waals surface area (Å²) in [6.45, 7) is 4.80. The molecule has 2 aliphatic heterocycles. The Hall–Kier alpha value is -1.15. The van der Waals surface area contributed by atoms with Gasteiger partial charge in [0.25, 0.3) is 0 Å². The first-order valence-corrected chi connectivity index (χ1v) is 8.47. The van der Waals surface area contributed by atoms with Gasteiger partial charge in [-0.2, -0.15) is 4.98 Å². The second kappa shape index (κ2) is 4.75. The van der Waals surface area contributed by atoms with E-state index < -0.39 is 9.84 Å². The lowest BCUT2D eigenvalue weighted by Crippen LogP contribution is -2.49. The third-order valence-corrected chi connectivity index (χ3v) is 5.53. The normalized spacial score (nSPS) is 30.7. The van der Waals surface area contributed by atoms with Crippen LogP contribution in [0.5, 0.6) is 0 Å². The summed E-state index contributed by atoms with van der Waals surface area (Å²) in [6.07, 6.45) is 0.648. The van der Waals surface area contributed by atoms with Crippen molar-refractivity contribution in [1.29, 1.82) is 0 Å². The molecule has 0 aliphatic carbocycles. The Morgan fingerprint density at radius 3 is 2.95 bits per heavy atom. The van der Waals surface area contributed by atoms with Crippen LogP contribution in [0.3, 0.4) is 0 Å². The van der Waals surface area contributed by atoms with Crippen molar-refractivity contribution >= 4 is 15.8 Å². The summed E-state index contributed by atoms with van der Waals surface area (Å²) in [4.78, 5) is 6.61. The molecular formula is C11H19N5O2S. The molecule has 3 rings (SSSR count). The molecule has 19 heavy (non-hydrogen) atoms. The average Bonchev–Trinajstić information content (AvgIpc) is 2.95. The number of aromatic amines is 1. The van der Waals surface area contributed by atoms with Crippen molar-refractivity contribution in [3.8, 4) is 0 Å². The van der Waals surface area contributed by atoms with Crippen molar-refractivity contribution in [2.75, 3.05) is 36.0 Å². The number of nitrogens with zero attached hydrogens (tertiary/aromatic N) is 3.